The third-order valence-electron chi connectivity index (χ3n) is 1.61. The first-order valence-corrected chi connectivity index (χ1v) is 4.73. The van der Waals surface area contributed by atoms with Crippen molar-refractivity contribution in [2.45, 2.75) is 6.10 Å². The van der Waals surface area contributed by atoms with E-state index in [-0.39, 0.29) is 0 Å². The van der Waals surface area contributed by atoms with Crippen molar-refractivity contribution in [3.05, 3.63) is 49.1 Å². The number of hydrogen-bond acceptors (Lipinski definition) is 2. The maximum Gasteiger partial charge on any atom is 0.104 e. The van der Waals surface area contributed by atoms with Gasteiger partial charge >= 0.3 is 0 Å². The molecule has 0 N–H and O–H groups in total. The van der Waals surface area contributed by atoms with Crippen LogP contribution in [0.15, 0.2) is 49.1 Å². The van der Waals surface area contributed by atoms with Crippen molar-refractivity contribution in [2.24, 2.45) is 0 Å². The van der Waals surface area contributed by atoms with E-state index in [0.29, 0.717) is 12.7 Å². The Morgan fingerprint density at radius 3 is 2.07 bits per heavy atom. The average molecular weight is 192 g/mol. The number of hydrogen-bond donors (Lipinski definition) is 0. The van der Waals surface area contributed by atoms with Gasteiger partial charge in [-0.1, -0.05) is 42.5 Å². The van der Waals surface area contributed by atoms with Crippen LogP contribution in [0.4, 0.5) is 0 Å². The van der Waals surface area contributed by atoms with E-state index >= 15 is 0 Å². The van der Waals surface area contributed by atoms with Crippen LogP contribution in [0.5, 0.6) is 0 Å². The molecule has 0 aliphatic carbocycles. The molecule has 1 saturated heterocycles. The Morgan fingerprint density at radius 1 is 1.21 bits per heavy atom. The Hall–Kier alpha value is -1.12. The highest BCUT2D eigenvalue weighted by Gasteiger charge is 2.21. The van der Waals surface area contributed by atoms with Gasteiger partial charge in [-0.25, -0.2) is 0 Å². The lowest BCUT2D eigenvalue weighted by Crippen LogP contribution is -2.00. The minimum absolute atomic E-state index is 0.384. The van der Waals surface area contributed by atoms with Crippen molar-refractivity contribution >= 4 is 0 Å². The number of benzene rings is 1. The Balaban J connectivity index is 0.000000146. The molecule has 14 heavy (non-hydrogen) atoms. The van der Waals surface area contributed by atoms with Gasteiger partial charge in [-0.05, 0) is 0 Å². The van der Waals surface area contributed by atoms with Gasteiger partial charge in [-0.2, -0.15) is 0 Å². The molecule has 76 valence electrons. The van der Waals surface area contributed by atoms with Crippen molar-refractivity contribution in [1.29, 1.82) is 0 Å². The van der Waals surface area contributed by atoms with E-state index in [1.807, 2.05) is 36.4 Å². The minimum atomic E-state index is 0.384. The molecule has 0 saturated carbocycles. The van der Waals surface area contributed by atoms with Crippen LogP contribution in [0.25, 0.3) is 0 Å². The fourth-order valence-electron chi connectivity index (χ4n) is 0.832. The highest BCUT2D eigenvalue weighted by atomic mass is 16.6. The molecule has 0 spiro atoms. The summed E-state index contributed by atoms with van der Waals surface area (Å²) >= 11 is 0. The Labute approximate surface area is 85.2 Å². The molecule has 0 amide bonds. The number of epoxide rings is 1. The van der Waals surface area contributed by atoms with Gasteiger partial charge in [-0.15, -0.1) is 6.58 Å². The Morgan fingerprint density at radius 2 is 1.71 bits per heavy atom. The SMILES string of the molecule is C=CCOCC1CO1.c1ccccc1. The molecule has 1 atom stereocenters. The minimum Gasteiger partial charge on any atom is -0.375 e. The molecule has 0 aromatic heterocycles. The van der Waals surface area contributed by atoms with E-state index in [9.17, 15) is 0 Å². The molecule has 1 aliphatic heterocycles. The summed E-state index contributed by atoms with van der Waals surface area (Å²) < 4.78 is 9.96. The summed E-state index contributed by atoms with van der Waals surface area (Å²) in [5.41, 5.74) is 0. The van der Waals surface area contributed by atoms with Gasteiger partial charge in [0.25, 0.3) is 0 Å². The predicted molar refractivity (Wildman–Crippen MR) is 57.2 cm³/mol. The Bertz CT molecular complexity index is 203. The van der Waals surface area contributed by atoms with E-state index in [0.717, 1.165) is 13.2 Å². The van der Waals surface area contributed by atoms with Crippen LogP contribution >= 0.6 is 0 Å². The predicted octanol–water partition coefficient (Wildman–Crippen LogP) is 2.27. The number of ether oxygens (including phenoxy) is 2. The van der Waals surface area contributed by atoms with Gasteiger partial charge in [0.1, 0.15) is 6.10 Å². The topological polar surface area (TPSA) is 21.8 Å². The molecule has 1 aliphatic rings. The van der Waals surface area contributed by atoms with Crippen molar-refractivity contribution in [2.75, 3.05) is 19.8 Å². The van der Waals surface area contributed by atoms with Crippen LogP contribution in [0.1, 0.15) is 0 Å². The summed E-state index contributed by atoms with van der Waals surface area (Å²) in [5.74, 6) is 0. The fourth-order valence-corrected chi connectivity index (χ4v) is 0.832. The first kappa shape index (κ1) is 11.0. The van der Waals surface area contributed by atoms with E-state index in [1.54, 1.807) is 6.08 Å². The number of rotatable bonds is 4. The quantitative estimate of drug-likeness (QED) is 0.414. The summed E-state index contributed by atoms with van der Waals surface area (Å²) in [6.45, 7) is 5.75. The first-order chi connectivity index (χ1) is 6.93. The van der Waals surface area contributed by atoms with Gasteiger partial charge in [0.05, 0.1) is 19.8 Å². The molecular formula is C12H16O2. The van der Waals surface area contributed by atoms with Gasteiger partial charge in [0.15, 0.2) is 0 Å². The highest BCUT2D eigenvalue weighted by Crippen LogP contribution is 2.07. The van der Waals surface area contributed by atoms with Gasteiger partial charge in [0, 0.05) is 0 Å². The summed E-state index contributed by atoms with van der Waals surface area (Å²) in [5, 5.41) is 0. The molecule has 1 fully saturated rings. The second-order valence-electron chi connectivity index (χ2n) is 2.94. The monoisotopic (exact) mass is 192 g/mol. The lowest BCUT2D eigenvalue weighted by Gasteiger charge is -1.92. The van der Waals surface area contributed by atoms with Crippen LogP contribution in [-0.2, 0) is 9.47 Å². The average Bonchev–Trinajstić information content (AvgIpc) is 3.06. The molecule has 2 heteroatoms. The maximum absolute atomic E-state index is 5.06. The smallest absolute Gasteiger partial charge is 0.104 e. The fraction of sp³-hybridized carbons (Fsp3) is 0.333. The van der Waals surface area contributed by atoms with E-state index in [4.69, 9.17) is 9.47 Å². The van der Waals surface area contributed by atoms with E-state index in [1.165, 1.54) is 0 Å². The molecular weight excluding hydrogens is 176 g/mol. The van der Waals surface area contributed by atoms with Gasteiger partial charge in [-0.3, -0.25) is 0 Å². The molecule has 1 unspecified atom stereocenters. The lowest BCUT2D eigenvalue weighted by molar-refractivity contribution is 0.141. The molecule has 1 aromatic carbocycles. The largest absolute Gasteiger partial charge is 0.375 e. The van der Waals surface area contributed by atoms with E-state index < -0.39 is 0 Å². The second-order valence-corrected chi connectivity index (χ2v) is 2.94. The molecule has 2 nitrogen and oxygen atoms in total. The standard InChI is InChI=1S/C6H10O2.C6H6/c1-2-3-7-4-6-5-8-6;1-2-4-6-5-3-1/h2,6H,1,3-5H2;1-6H. The first-order valence-electron chi connectivity index (χ1n) is 4.73. The zero-order chi connectivity index (χ0) is 10.1. The summed E-state index contributed by atoms with van der Waals surface area (Å²) in [6, 6.07) is 12.0. The van der Waals surface area contributed by atoms with Crippen LogP contribution in [0.3, 0.4) is 0 Å². The van der Waals surface area contributed by atoms with Crippen molar-refractivity contribution < 1.29 is 9.47 Å². The molecule has 2 rings (SSSR count). The molecule has 0 bridgehead atoms. The van der Waals surface area contributed by atoms with Crippen molar-refractivity contribution in [3.63, 3.8) is 0 Å². The third kappa shape index (κ3) is 6.40. The van der Waals surface area contributed by atoms with Crippen LogP contribution < -0.4 is 0 Å². The zero-order valence-electron chi connectivity index (χ0n) is 8.26. The lowest BCUT2D eigenvalue weighted by atomic mass is 10.4. The van der Waals surface area contributed by atoms with Crippen LogP contribution in [-0.4, -0.2) is 25.9 Å². The third-order valence-corrected chi connectivity index (χ3v) is 1.61. The van der Waals surface area contributed by atoms with Crippen molar-refractivity contribution in [1.82, 2.24) is 0 Å². The molecule has 0 radical (unpaired) electrons. The van der Waals surface area contributed by atoms with Gasteiger partial charge < -0.3 is 9.47 Å². The van der Waals surface area contributed by atoms with E-state index in [2.05, 4.69) is 6.58 Å². The van der Waals surface area contributed by atoms with Crippen LogP contribution in [0.2, 0.25) is 0 Å². The normalized spacial score (nSPS) is 17.9. The molecule has 1 aromatic rings. The summed E-state index contributed by atoms with van der Waals surface area (Å²) in [6.07, 6.45) is 2.12. The van der Waals surface area contributed by atoms with Crippen molar-refractivity contribution in [3.8, 4) is 0 Å². The van der Waals surface area contributed by atoms with Crippen LogP contribution in [0, 0.1) is 0 Å². The maximum atomic E-state index is 5.06. The second kappa shape index (κ2) is 7.30. The summed E-state index contributed by atoms with van der Waals surface area (Å²) in [4.78, 5) is 0. The Kier molecular flexibility index (Phi) is 5.71. The van der Waals surface area contributed by atoms with Gasteiger partial charge in [0.2, 0.25) is 0 Å². The highest BCUT2D eigenvalue weighted by molar-refractivity contribution is 4.99. The summed E-state index contributed by atoms with van der Waals surface area (Å²) in [7, 11) is 0. The molecule has 1 heterocycles. The zero-order valence-corrected chi connectivity index (χ0v) is 8.26.